The molecule has 0 aliphatic carbocycles. The highest BCUT2D eigenvalue weighted by molar-refractivity contribution is 5.44. The normalized spacial score (nSPS) is 17.1. The molecule has 1 atom stereocenters. The average molecular weight is 249 g/mol. The molecule has 0 saturated heterocycles. The fraction of sp³-hybridized carbons (Fsp3) is 0.600. The Labute approximate surface area is 109 Å². The molecular formula is C15H23NO2. The largest absolute Gasteiger partial charge is 0.490 e. The molecule has 1 aliphatic rings. The quantitative estimate of drug-likeness (QED) is 0.873. The number of fused-ring (bicyclic) bond motifs is 1. The van der Waals surface area contributed by atoms with Crippen molar-refractivity contribution in [2.75, 3.05) is 20.3 Å². The van der Waals surface area contributed by atoms with Crippen molar-refractivity contribution >= 4 is 0 Å². The summed E-state index contributed by atoms with van der Waals surface area (Å²) in [6, 6.07) is 6.55. The molecule has 3 nitrogen and oxygen atoms in total. The fourth-order valence-corrected chi connectivity index (χ4v) is 2.46. The molecule has 1 unspecified atom stereocenters. The van der Waals surface area contributed by atoms with E-state index in [4.69, 9.17) is 9.47 Å². The third-order valence-corrected chi connectivity index (χ3v) is 3.26. The Hall–Kier alpha value is -1.22. The summed E-state index contributed by atoms with van der Waals surface area (Å²) in [5.41, 5.74) is 1.41. The van der Waals surface area contributed by atoms with Crippen LogP contribution in [0.5, 0.6) is 11.5 Å². The van der Waals surface area contributed by atoms with E-state index in [1.54, 1.807) is 0 Å². The Kier molecular flexibility index (Phi) is 3.81. The molecule has 3 heteroatoms. The minimum atomic E-state index is 0.161. The van der Waals surface area contributed by atoms with Gasteiger partial charge in [0.15, 0.2) is 11.5 Å². The Morgan fingerprint density at radius 2 is 1.78 bits per heavy atom. The predicted molar refractivity (Wildman–Crippen MR) is 73.3 cm³/mol. The lowest BCUT2D eigenvalue weighted by Gasteiger charge is -2.31. The molecule has 1 aromatic rings. The van der Waals surface area contributed by atoms with Crippen molar-refractivity contribution in [3.05, 3.63) is 23.8 Å². The zero-order valence-corrected chi connectivity index (χ0v) is 11.7. The molecule has 2 rings (SSSR count). The molecule has 0 bridgehead atoms. The lowest BCUT2D eigenvalue weighted by molar-refractivity contribution is 0.284. The number of ether oxygens (including phenoxy) is 2. The molecule has 1 N–H and O–H groups in total. The van der Waals surface area contributed by atoms with Crippen LogP contribution in [0.4, 0.5) is 0 Å². The molecule has 18 heavy (non-hydrogen) atoms. The molecule has 0 saturated carbocycles. The van der Waals surface area contributed by atoms with Gasteiger partial charge in [-0.05, 0) is 30.2 Å². The van der Waals surface area contributed by atoms with E-state index in [0.29, 0.717) is 6.04 Å². The minimum Gasteiger partial charge on any atom is -0.490 e. The van der Waals surface area contributed by atoms with Crippen LogP contribution in [0.2, 0.25) is 0 Å². The molecule has 0 spiro atoms. The minimum absolute atomic E-state index is 0.161. The van der Waals surface area contributed by atoms with Crippen molar-refractivity contribution in [3.8, 4) is 11.5 Å². The van der Waals surface area contributed by atoms with Gasteiger partial charge in [0.1, 0.15) is 0 Å². The van der Waals surface area contributed by atoms with Gasteiger partial charge in [0.25, 0.3) is 0 Å². The van der Waals surface area contributed by atoms with Crippen LogP contribution in [-0.4, -0.2) is 20.3 Å². The van der Waals surface area contributed by atoms with E-state index < -0.39 is 0 Å². The second kappa shape index (κ2) is 5.19. The van der Waals surface area contributed by atoms with Crippen molar-refractivity contribution in [2.45, 2.75) is 33.2 Å². The van der Waals surface area contributed by atoms with Gasteiger partial charge in [-0.15, -0.1) is 0 Å². The summed E-state index contributed by atoms with van der Waals surface area (Å²) in [5, 5.41) is 3.38. The van der Waals surface area contributed by atoms with Crippen molar-refractivity contribution < 1.29 is 9.47 Å². The Balaban J connectivity index is 2.32. The molecule has 100 valence electrons. The van der Waals surface area contributed by atoms with Gasteiger partial charge in [-0.25, -0.2) is 0 Å². The van der Waals surface area contributed by atoms with Crippen LogP contribution in [0.25, 0.3) is 0 Å². The Morgan fingerprint density at radius 3 is 2.39 bits per heavy atom. The van der Waals surface area contributed by atoms with E-state index in [1.807, 2.05) is 13.1 Å². The van der Waals surface area contributed by atoms with Crippen LogP contribution in [0.15, 0.2) is 18.2 Å². The van der Waals surface area contributed by atoms with E-state index in [2.05, 4.69) is 38.2 Å². The number of hydrogen-bond acceptors (Lipinski definition) is 3. The van der Waals surface area contributed by atoms with Crippen LogP contribution >= 0.6 is 0 Å². The van der Waals surface area contributed by atoms with Gasteiger partial charge in [0.05, 0.1) is 13.2 Å². The van der Waals surface area contributed by atoms with Gasteiger partial charge < -0.3 is 14.8 Å². The third-order valence-electron chi connectivity index (χ3n) is 3.26. The summed E-state index contributed by atoms with van der Waals surface area (Å²) < 4.78 is 11.4. The smallest absolute Gasteiger partial charge is 0.161 e. The first-order chi connectivity index (χ1) is 8.52. The number of nitrogens with one attached hydrogen (secondary N) is 1. The zero-order chi connectivity index (χ0) is 13.2. The number of hydrogen-bond donors (Lipinski definition) is 1. The maximum Gasteiger partial charge on any atom is 0.161 e. The van der Waals surface area contributed by atoms with E-state index >= 15 is 0 Å². The van der Waals surface area contributed by atoms with Gasteiger partial charge in [-0.3, -0.25) is 0 Å². The Morgan fingerprint density at radius 1 is 1.11 bits per heavy atom. The van der Waals surface area contributed by atoms with Gasteiger partial charge in [-0.2, -0.15) is 0 Å². The standard InChI is InChI=1S/C15H23NO2/c1-15(2,3)14(16-4)11-6-7-12-13(10-11)18-9-5-8-17-12/h6-7,10,14,16H,5,8-9H2,1-4H3. The summed E-state index contributed by atoms with van der Waals surface area (Å²) in [6.45, 7) is 8.17. The molecule has 1 aliphatic heterocycles. The molecular weight excluding hydrogens is 226 g/mol. The van der Waals surface area contributed by atoms with Gasteiger partial charge in [0, 0.05) is 12.5 Å². The van der Waals surface area contributed by atoms with Crippen molar-refractivity contribution in [1.82, 2.24) is 5.32 Å². The number of benzene rings is 1. The SMILES string of the molecule is CNC(c1ccc2c(c1)OCCCO2)C(C)(C)C. The number of rotatable bonds is 2. The molecule has 0 aromatic heterocycles. The maximum absolute atomic E-state index is 5.74. The second-order valence-corrected chi connectivity index (χ2v) is 5.84. The molecule has 0 fully saturated rings. The summed E-state index contributed by atoms with van der Waals surface area (Å²) in [4.78, 5) is 0. The molecule has 1 aromatic carbocycles. The van der Waals surface area contributed by atoms with Gasteiger partial charge in [-0.1, -0.05) is 26.8 Å². The Bertz CT molecular complexity index is 409. The first-order valence-corrected chi connectivity index (χ1v) is 6.59. The maximum atomic E-state index is 5.74. The van der Waals surface area contributed by atoms with E-state index in [0.717, 1.165) is 31.1 Å². The van der Waals surface area contributed by atoms with Crippen molar-refractivity contribution in [2.24, 2.45) is 5.41 Å². The summed E-state index contributed by atoms with van der Waals surface area (Å²) in [7, 11) is 2.00. The predicted octanol–water partition coefficient (Wildman–Crippen LogP) is 3.15. The lowest BCUT2D eigenvalue weighted by atomic mass is 9.82. The van der Waals surface area contributed by atoms with Crippen molar-refractivity contribution in [1.29, 1.82) is 0 Å². The van der Waals surface area contributed by atoms with Crippen LogP contribution in [-0.2, 0) is 0 Å². The highest BCUT2D eigenvalue weighted by atomic mass is 16.5. The van der Waals surface area contributed by atoms with Crippen LogP contribution < -0.4 is 14.8 Å². The molecule has 0 radical (unpaired) electrons. The summed E-state index contributed by atoms with van der Waals surface area (Å²) in [5.74, 6) is 1.73. The first kappa shape index (κ1) is 13.2. The summed E-state index contributed by atoms with van der Waals surface area (Å²) in [6.07, 6.45) is 0.943. The molecule has 1 heterocycles. The van der Waals surface area contributed by atoms with E-state index in [-0.39, 0.29) is 5.41 Å². The van der Waals surface area contributed by atoms with Crippen LogP contribution in [0.1, 0.15) is 38.8 Å². The first-order valence-electron chi connectivity index (χ1n) is 6.59. The fourth-order valence-electron chi connectivity index (χ4n) is 2.46. The third kappa shape index (κ3) is 2.78. The monoisotopic (exact) mass is 249 g/mol. The van der Waals surface area contributed by atoms with E-state index in [9.17, 15) is 0 Å². The second-order valence-electron chi connectivity index (χ2n) is 5.84. The van der Waals surface area contributed by atoms with Crippen LogP contribution in [0.3, 0.4) is 0 Å². The highest BCUT2D eigenvalue weighted by Crippen LogP contribution is 2.37. The molecule has 0 amide bonds. The van der Waals surface area contributed by atoms with Gasteiger partial charge >= 0.3 is 0 Å². The highest BCUT2D eigenvalue weighted by Gasteiger charge is 2.25. The van der Waals surface area contributed by atoms with Crippen LogP contribution in [0, 0.1) is 5.41 Å². The zero-order valence-electron chi connectivity index (χ0n) is 11.7. The average Bonchev–Trinajstić information content (AvgIpc) is 2.52. The van der Waals surface area contributed by atoms with E-state index in [1.165, 1.54) is 5.56 Å². The lowest BCUT2D eigenvalue weighted by Crippen LogP contribution is -2.29. The summed E-state index contributed by atoms with van der Waals surface area (Å²) >= 11 is 0. The van der Waals surface area contributed by atoms with Crippen molar-refractivity contribution in [3.63, 3.8) is 0 Å². The van der Waals surface area contributed by atoms with Gasteiger partial charge in [0.2, 0.25) is 0 Å². The topological polar surface area (TPSA) is 30.5 Å².